The largest absolute Gasteiger partial charge is 0.494 e. The van der Waals surface area contributed by atoms with Crippen LogP contribution in [0.15, 0.2) is 60.7 Å². The molecule has 0 heterocycles. The van der Waals surface area contributed by atoms with Crippen LogP contribution in [0.4, 0.5) is 0 Å². The summed E-state index contributed by atoms with van der Waals surface area (Å²) in [6, 6.07) is 18.5. The molecule has 0 aliphatic carbocycles. The van der Waals surface area contributed by atoms with Crippen molar-refractivity contribution in [3.8, 4) is 11.5 Å². The molecule has 0 aliphatic heterocycles. The fourth-order valence-electron chi connectivity index (χ4n) is 2.92. The predicted octanol–water partition coefficient (Wildman–Crippen LogP) is 5.09. The van der Waals surface area contributed by atoms with Gasteiger partial charge in [-0.05, 0) is 61.0 Å². The van der Waals surface area contributed by atoms with Gasteiger partial charge in [0.25, 0.3) is 0 Å². The van der Waals surface area contributed by atoms with E-state index in [1.54, 1.807) is 30.3 Å². The number of carbonyl (C=O) groups excluding carboxylic acids is 2. The predicted molar refractivity (Wildman–Crippen MR) is 106 cm³/mol. The summed E-state index contributed by atoms with van der Waals surface area (Å²) in [5, 5.41) is 1.88. The van der Waals surface area contributed by atoms with E-state index >= 15 is 0 Å². The van der Waals surface area contributed by atoms with E-state index in [2.05, 4.69) is 0 Å². The second-order valence-corrected chi connectivity index (χ2v) is 6.26. The zero-order chi connectivity index (χ0) is 18.9. The van der Waals surface area contributed by atoms with Crippen LogP contribution in [-0.4, -0.2) is 25.8 Å². The number of rotatable bonds is 10. The highest BCUT2D eigenvalue weighted by molar-refractivity contribution is 6.00. The Hall–Kier alpha value is -3.14. The van der Waals surface area contributed by atoms with Gasteiger partial charge in [0.15, 0.2) is 6.29 Å². The molecular weight excluding hydrogens is 340 g/mol. The molecule has 0 unspecified atom stereocenters. The zero-order valence-corrected chi connectivity index (χ0v) is 15.1. The average molecular weight is 362 g/mol. The monoisotopic (exact) mass is 362 g/mol. The highest BCUT2D eigenvalue weighted by Crippen LogP contribution is 2.28. The molecule has 0 bridgehead atoms. The van der Waals surface area contributed by atoms with Crippen LogP contribution < -0.4 is 9.47 Å². The van der Waals surface area contributed by atoms with Gasteiger partial charge in [-0.3, -0.25) is 9.59 Å². The fraction of sp³-hybridized carbons (Fsp3) is 0.217. The maximum absolute atomic E-state index is 11.2. The molecule has 0 saturated carbocycles. The summed E-state index contributed by atoms with van der Waals surface area (Å²) in [6.07, 6.45) is 4.55. The molecule has 0 radical (unpaired) electrons. The summed E-state index contributed by atoms with van der Waals surface area (Å²) in [6.45, 7) is 1.26. The van der Waals surface area contributed by atoms with Gasteiger partial charge in [-0.25, -0.2) is 0 Å². The number of unbranched alkanes of at least 4 members (excludes halogenated alkanes) is 2. The Morgan fingerprint density at radius 3 is 2.07 bits per heavy atom. The van der Waals surface area contributed by atoms with E-state index in [4.69, 9.17) is 9.47 Å². The van der Waals surface area contributed by atoms with Crippen LogP contribution in [0, 0.1) is 0 Å². The van der Waals surface area contributed by atoms with Crippen molar-refractivity contribution in [2.24, 2.45) is 0 Å². The third kappa shape index (κ3) is 4.94. The van der Waals surface area contributed by atoms with Crippen molar-refractivity contribution >= 4 is 23.3 Å². The first-order valence-electron chi connectivity index (χ1n) is 9.09. The topological polar surface area (TPSA) is 52.6 Å². The summed E-state index contributed by atoms with van der Waals surface area (Å²) in [7, 11) is 0. The van der Waals surface area contributed by atoms with Gasteiger partial charge >= 0.3 is 0 Å². The smallest absolute Gasteiger partial charge is 0.150 e. The summed E-state index contributed by atoms with van der Waals surface area (Å²) in [5.74, 6) is 1.58. The number of hydrogen-bond donors (Lipinski definition) is 0. The molecule has 0 spiro atoms. The van der Waals surface area contributed by atoms with E-state index in [0.29, 0.717) is 24.3 Å². The van der Waals surface area contributed by atoms with Crippen LogP contribution in [0.5, 0.6) is 11.5 Å². The van der Waals surface area contributed by atoms with Gasteiger partial charge in [-0.2, -0.15) is 0 Å². The van der Waals surface area contributed by atoms with E-state index < -0.39 is 0 Å². The Kier molecular flexibility index (Phi) is 6.58. The minimum atomic E-state index is 0.623. The van der Waals surface area contributed by atoms with E-state index in [0.717, 1.165) is 54.1 Å². The lowest BCUT2D eigenvalue weighted by molar-refractivity contribution is 0.111. The molecule has 0 fully saturated rings. The third-order valence-corrected chi connectivity index (χ3v) is 4.38. The van der Waals surface area contributed by atoms with Crippen molar-refractivity contribution in [2.45, 2.75) is 19.3 Å². The van der Waals surface area contributed by atoms with Crippen molar-refractivity contribution in [2.75, 3.05) is 13.2 Å². The van der Waals surface area contributed by atoms with Gasteiger partial charge in [0.1, 0.15) is 17.8 Å². The fourth-order valence-corrected chi connectivity index (χ4v) is 2.92. The van der Waals surface area contributed by atoms with Crippen LogP contribution in [0.2, 0.25) is 0 Å². The van der Waals surface area contributed by atoms with Crippen molar-refractivity contribution in [1.29, 1.82) is 0 Å². The highest BCUT2D eigenvalue weighted by Gasteiger charge is 2.06. The van der Waals surface area contributed by atoms with Gasteiger partial charge in [-0.15, -0.1) is 0 Å². The molecule has 138 valence electrons. The molecule has 3 aromatic rings. The molecule has 0 N–H and O–H groups in total. The summed E-state index contributed by atoms with van der Waals surface area (Å²) in [5.41, 5.74) is 1.32. The first kappa shape index (κ1) is 18.6. The quantitative estimate of drug-likeness (QED) is 0.372. The second-order valence-electron chi connectivity index (χ2n) is 6.26. The van der Waals surface area contributed by atoms with Crippen LogP contribution in [0.1, 0.15) is 40.0 Å². The second kappa shape index (κ2) is 9.53. The van der Waals surface area contributed by atoms with Gasteiger partial charge in [0.05, 0.1) is 13.2 Å². The first-order chi connectivity index (χ1) is 13.3. The molecule has 0 aromatic heterocycles. The maximum atomic E-state index is 11.2. The lowest BCUT2D eigenvalue weighted by atomic mass is 10.0. The Morgan fingerprint density at radius 2 is 1.37 bits per heavy atom. The molecule has 0 aliphatic rings. The highest BCUT2D eigenvalue weighted by atomic mass is 16.5. The molecule has 4 nitrogen and oxygen atoms in total. The Balaban J connectivity index is 1.41. The SMILES string of the molecule is O=Cc1ccc(OCCCCCOc2ccc(C=O)c3ccccc23)cc1. The van der Waals surface area contributed by atoms with Crippen LogP contribution in [0.3, 0.4) is 0 Å². The van der Waals surface area contributed by atoms with Crippen molar-refractivity contribution < 1.29 is 19.1 Å². The molecule has 3 rings (SSSR count). The number of aldehydes is 2. The lowest BCUT2D eigenvalue weighted by Gasteiger charge is -2.11. The first-order valence-corrected chi connectivity index (χ1v) is 9.09. The van der Waals surface area contributed by atoms with Crippen molar-refractivity contribution in [3.05, 3.63) is 71.8 Å². The number of fused-ring (bicyclic) bond motifs is 1. The summed E-state index contributed by atoms with van der Waals surface area (Å²) in [4.78, 5) is 21.8. The van der Waals surface area contributed by atoms with Crippen molar-refractivity contribution in [3.63, 3.8) is 0 Å². The molecule has 0 amide bonds. The van der Waals surface area contributed by atoms with Gasteiger partial charge < -0.3 is 9.47 Å². The van der Waals surface area contributed by atoms with Crippen molar-refractivity contribution in [1.82, 2.24) is 0 Å². The van der Waals surface area contributed by atoms with E-state index in [-0.39, 0.29) is 0 Å². The molecule has 3 aromatic carbocycles. The molecule has 0 saturated heterocycles. The van der Waals surface area contributed by atoms with Gasteiger partial charge in [0, 0.05) is 16.5 Å². The van der Waals surface area contributed by atoms with Gasteiger partial charge in [-0.1, -0.05) is 24.3 Å². The molecule has 0 atom stereocenters. The van der Waals surface area contributed by atoms with E-state index in [1.165, 1.54) is 0 Å². The van der Waals surface area contributed by atoms with E-state index in [9.17, 15) is 9.59 Å². The Morgan fingerprint density at radius 1 is 0.667 bits per heavy atom. The summed E-state index contributed by atoms with van der Waals surface area (Å²) < 4.78 is 11.6. The third-order valence-electron chi connectivity index (χ3n) is 4.38. The van der Waals surface area contributed by atoms with Gasteiger partial charge in [0.2, 0.25) is 0 Å². The van der Waals surface area contributed by atoms with Crippen LogP contribution in [0.25, 0.3) is 10.8 Å². The molecular formula is C23H22O4. The molecule has 4 heteroatoms. The molecule has 27 heavy (non-hydrogen) atoms. The summed E-state index contributed by atoms with van der Waals surface area (Å²) >= 11 is 0. The minimum Gasteiger partial charge on any atom is -0.494 e. The maximum Gasteiger partial charge on any atom is 0.150 e. The van der Waals surface area contributed by atoms with Crippen LogP contribution >= 0.6 is 0 Å². The number of hydrogen-bond acceptors (Lipinski definition) is 4. The normalized spacial score (nSPS) is 10.5. The Labute approximate surface area is 158 Å². The lowest BCUT2D eigenvalue weighted by Crippen LogP contribution is -2.01. The minimum absolute atomic E-state index is 0.623. The van der Waals surface area contributed by atoms with Crippen LogP contribution in [-0.2, 0) is 0 Å². The number of benzene rings is 3. The Bertz CT molecular complexity index is 900. The standard InChI is InChI=1S/C23H22O4/c24-16-18-8-11-20(12-9-18)26-14-4-1-5-15-27-23-13-10-19(17-25)21-6-2-3-7-22(21)23/h2-3,6-13,16-17H,1,4-5,14-15H2. The average Bonchev–Trinajstić information content (AvgIpc) is 2.73. The van der Waals surface area contributed by atoms with E-state index in [1.807, 2.05) is 30.3 Å². The number of carbonyl (C=O) groups is 2. The zero-order valence-electron chi connectivity index (χ0n) is 15.1. The number of ether oxygens (including phenoxy) is 2.